The topological polar surface area (TPSA) is 75.5 Å². The van der Waals surface area contributed by atoms with Gasteiger partial charge < -0.3 is 9.30 Å². The number of fused-ring (bicyclic) bond motifs is 3. The summed E-state index contributed by atoms with van der Waals surface area (Å²) in [6.45, 7) is 5.43. The van der Waals surface area contributed by atoms with E-state index in [9.17, 15) is 14.0 Å². The Labute approximate surface area is 177 Å². The molecule has 0 N–H and O–H groups in total. The van der Waals surface area contributed by atoms with Gasteiger partial charge in [0.1, 0.15) is 5.82 Å². The van der Waals surface area contributed by atoms with Gasteiger partial charge in [-0.3, -0.25) is 18.3 Å². The zero-order valence-electron chi connectivity index (χ0n) is 17.8. The normalized spacial score (nSPS) is 16.7. The highest BCUT2D eigenvalue weighted by atomic mass is 19.1. The molecule has 8 nitrogen and oxygen atoms in total. The van der Waals surface area contributed by atoms with Crippen molar-refractivity contribution in [2.24, 2.45) is 7.05 Å². The predicted molar refractivity (Wildman–Crippen MR) is 114 cm³/mol. The smallest absolute Gasteiger partial charge is 0.332 e. The first-order valence-corrected chi connectivity index (χ1v) is 10.4. The van der Waals surface area contributed by atoms with Gasteiger partial charge in [0, 0.05) is 25.0 Å². The molecule has 5 rings (SSSR count). The van der Waals surface area contributed by atoms with E-state index in [4.69, 9.17) is 9.72 Å². The second-order valence-electron chi connectivity index (χ2n) is 8.20. The Morgan fingerprint density at radius 3 is 2.55 bits per heavy atom. The molecule has 0 spiro atoms. The van der Waals surface area contributed by atoms with Gasteiger partial charge in [0.05, 0.1) is 19.2 Å². The third-order valence-corrected chi connectivity index (χ3v) is 6.29. The Hall–Kier alpha value is -3.20. The molecular formula is C22H24FN5O3. The maximum absolute atomic E-state index is 13.4. The fourth-order valence-electron chi connectivity index (χ4n) is 4.44. The number of hydrogen-bond donors (Lipinski definition) is 0. The number of hydrogen-bond acceptors (Lipinski definition) is 4. The average molecular weight is 425 g/mol. The lowest BCUT2D eigenvalue weighted by Gasteiger charge is -2.12. The van der Waals surface area contributed by atoms with Crippen LogP contribution in [0.25, 0.3) is 16.9 Å². The molecule has 0 bridgehead atoms. The van der Waals surface area contributed by atoms with E-state index in [1.54, 1.807) is 19.2 Å². The molecule has 1 atom stereocenters. The van der Waals surface area contributed by atoms with Gasteiger partial charge in [-0.1, -0.05) is 12.1 Å². The number of rotatable bonds is 4. The molecule has 31 heavy (non-hydrogen) atoms. The molecule has 0 saturated carbocycles. The molecule has 9 heteroatoms. The Morgan fingerprint density at radius 1 is 1.13 bits per heavy atom. The molecule has 1 aliphatic rings. The number of ether oxygens (including phenoxy) is 1. The number of benzene rings is 1. The first-order valence-electron chi connectivity index (χ1n) is 10.4. The van der Waals surface area contributed by atoms with E-state index >= 15 is 0 Å². The molecular weight excluding hydrogens is 401 g/mol. The SMILES string of the molecule is Cc1c(C)n2c3c(=O)n(Cc4ccc(F)cc4)c(=O)n(C)c3nc2n1CC1CCCO1. The molecule has 3 aromatic heterocycles. The monoisotopic (exact) mass is 425 g/mol. The molecule has 0 radical (unpaired) electrons. The third-order valence-electron chi connectivity index (χ3n) is 6.29. The van der Waals surface area contributed by atoms with Gasteiger partial charge in [0.25, 0.3) is 5.56 Å². The third kappa shape index (κ3) is 3.03. The van der Waals surface area contributed by atoms with Gasteiger partial charge in [-0.25, -0.2) is 9.18 Å². The average Bonchev–Trinajstić information content (AvgIpc) is 3.46. The number of imidazole rings is 2. The van der Waals surface area contributed by atoms with Crippen LogP contribution in [0, 0.1) is 19.7 Å². The summed E-state index contributed by atoms with van der Waals surface area (Å²) in [5.74, 6) is 0.266. The maximum atomic E-state index is 13.4. The summed E-state index contributed by atoms with van der Waals surface area (Å²) in [4.78, 5) is 31.1. The van der Waals surface area contributed by atoms with Crippen LogP contribution in [0.1, 0.15) is 29.8 Å². The van der Waals surface area contributed by atoms with Crippen molar-refractivity contribution in [2.45, 2.75) is 45.9 Å². The van der Waals surface area contributed by atoms with E-state index in [-0.39, 0.29) is 18.5 Å². The van der Waals surface area contributed by atoms with Crippen molar-refractivity contribution in [1.82, 2.24) is 23.1 Å². The van der Waals surface area contributed by atoms with Crippen LogP contribution in [-0.2, 0) is 24.9 Å². The van der Waals surface area contributed by atoms with Crippen LogP contribution in [0.15, 0.2) is 33.9 Å². The number of nitrogens with zero attached hydrogens (tertiary/aromatic N) is 5. The summed E-state index contributed by atoms with van der Waals surface area (Å²) < 4.78 is 25.5. The van der Waals surface area contributed by atoms with Crippen molar-refractivity contribution in [2.75, 3.05) is 6.61 Å². The molecule has 1 fully saturated rings. The van der Waals surface area contributed by atoms with E-state index in [1.165, 1.54) is 21.3 Å². The van der Waals surface area contributed by atoms with Gasteiger partial charge in [-0.05, 0) is 44.4 Å². The van der Waals surface area contributed by atoms with E-state index in [0.29, 0.717) is 29.0 Å². The highest BCUT2D eigenvalue weighted by Gasteiger charge is 2.25. The minimum Gasteiger partial charge on any atom is -0.376 e. The lowest BCUT2D eigenvalue weighted by atomic mass is 10.2. The van der Waals surface area contributed by atoms with Crippen molar-refractivity contribution in [1.29, 1.82) is 0 Å². The van der Waals surface area contributed by atoms with Crippen molar-refractivity contribution < 1.29 is 9.13 Å². The molecule has 162 valence electrons. The van der Waals surface area contributed by atoms with Gasteiger partial charge in [0.2, 0.25) is 5.78 Å². The van der Waals surface area contributed by atoms with Crippen molar-refractivity contribution in [3.05, 3.63) is 67.9 Å². The van der Waals surface area contributed by atoms with E-state index in [0.717, 1.165) is 30.8 Å². The highest BCUT2D eigenvalue weighted by molar-refractivity contribution is 5.76. The minimum absolute atomic E-state index is 0.0591. The summed E-state index contributed by atoms with van der Waals surface area (Å²) in [5.41, 5.74) is 2.44. The lowest BCUT2D eigenvalue weighted by molar-refractivity contribution is 0.0974. The standard InChI is InChI=1S/C22H24FN5O3/c1-13-14(2)28-18-19(24-21(28)26(13)12-17-5-4-10-31-17)25(3)22(30)27(20(18)29)11-15-6-8-16(23)9-7-15/h6-9,17H,4-5,10-12H2,1-3H3. The van der Waals surface area contributed by atoms with Crippen molar-refractivity contribution in [3.63, 3.8) is 0 Å². The first-order chi connectivity index (χ1) is 14.9. The van der Waals surface area contributed by atoms with Crippen LogP contribution in [0.5, 0.6) is 0 Å². The van der Waals surface area contributed by atoms with Crippen molar-refractivity contribution >= 4 is 16.9 Å². The highest BCUT2D eigenvalue weighted by Crippen LogP contribution is 2.23. The molecule has 4 heterocycles. The van der Waals surface area contributed by atoms with E-state index in [1.807, 2.05) is 18.2 Å². The molecule has 4 aromatic rings. The van der Waals surface area contributed by atoms with Crippen LogP contribution >= 0.6 is 0 Å². The lowest BCUT2D eigenvalue weighted by Crippen LogP contribution is -2.39. The quantitative estimate of drug-likeness (QED) is 0.502. The Bertz CT molecular complexity index is 1420. The fourth-order valence-corrected chi connectivity index (χ4v) is 4.44. The molecule has 0 aliphatic carbocycles. The van der Waals surface area contributed by atoms with E-state index in [2.05, 4.69) is 4.57 Å². The zero-order chi connectivity index (χ0) is 21.9. The molecule has 1 unspecified atom stereocenters. The van der Waals surface area contributed by atoms with Crippen molar-refractivity contribution in [3.8, 4) is 0 Å². The van der Waals surface area contributed by atoms with E-state index < -0.39 is 11.2 Å². The largest absolute Gasteiger partial charge is 0.376 e. The van der Waals surface area contributed by atoms with Crippen LogP contribution < -0.4 is 11.2 Å². The summed E-state index contributed by atoms with van der Waals surface area (Å²) >= 11 is 0. The number of aromatic nitrogens is 5. The molecule has 1 aliphatic heterocycles. The summed E-state index contributed by atoms with van der Waals surface area (Å²) in [7, 11) is 1.62. The van der Waals surface area contributed by atoms with Crippen LogP contribution in [0.2, 0.25) is 0 Å². The van der Waals surface area contributed by atoms with Gasteiger partial charge in [-0.2, -0.15) is 4.98 Å². The maximum Gasteiger partial charge on any atom is 0.332 e. The molecule has 1 saturated heterocycles. The Kier molecular flexibility index (Phi) is 4.58. The Balaban J connectivity index is 1.73. The van der Waals surface area contributed by atoms with Crippen LogP contribution in [-0.4, -0.2) is 35.8 Å². The molecule has 0 amide bonds. The fraction of sp³-hybridized carbons (Fsp3) is 0.409. The van der Waals surface area contributed by atoms with Crippen LogP contribution in [0.3, 0.4) is 0 Å². The number of halogens is 1. The zero-order valence-corrected chi connectivity index (χ0v) is 17.8. The van der Waals surface area contributed by atoms with Gasteiger partial charge >= 0.3 is 5.69 Å². The summed E-state index contributed by atoms with van der Waals surface area (Å²) in [5, 5.41) is 0. The number of aryl methyl sites for hydroxylation is 2. The molecule has 1 aromatic carbocycles. The second-order valence-corrected chi connectivity index (χ2v) is 8.20. The second kappa shape index (κ2) is 7.19. The van der Waals surface area contributed by atoms with Crippen LogP contribution in [0.4, 0.5) is 4.39 Å². The van der Waals surface area contributed by atoms with Gasteiger partial charge in [0.15, 0.2) is 11.2 Å². The Morgan fingerprint density at radius 2 is 1.87 bits per heavy atom. The summed E-state index contributed by atoms with van der Waals surface area (Å²) in [6, 6.07) is 5.79. The minimum atomic E-state index is -0.456. The first kappa shape index (κ1) is 19.7. The van der Waals surface area contributed by atoms with Gasteiger partial charge in [-0.15, -0.1) is 0 Å². The predicted octanol–water partition coefficient (Wildman–Crippen LogP) is 2.13. The summed E-state index contributed by atoms with van der Waals surface area (Å²) in [6.07, 6.45) is 2.15.